The van der Waals surface area contributed by atoms with Gasteiger partial charge in [0.05, 0.1) is 6.54 Å². The minimum Gasteiger partial charge on any atom is -0.480 e. The van der Waals surface area contributed by atoms with Gasteiger partial charge in [-0.2, -0.15) is 0 Å². The van der Waals surface area contributed by atoms with Gasteiger partial charge >= 0.3 is 5.97 Å². The number of carboxylic acids is 1. The van der Waals surface area contributed by atoms with E-state index in [2.05, 4.69) is 13.8 Å². The number of likely N-dealkylation sites (tertiary alicyclic amines) is 1. The van der Waals surface area contributed by atoms with Gasteiger partial charge in [-0.05, 0) is 37.8 Å². The van der Waals surface area contributed by atoms with E-state index in [9.17, 15) is 4.79 Å². The Balaban J connectivity index is 2.40. The Morgan fingerprint density at radius 3 is 2.69 bits per heavy atom. The third kappa shape index (κ3) is 3.77. The van der Waals surface area contributed by atoms with E-state index in [1.807, 2.05) is 4.90 Å². The summed E-state index contributed by atoms with van der Waals surface area (Å²) in [5.41, 5.74) is 0.396. The third-order valence-corrected chi connectivity index (χ3v) is 2.79. The summed E-state index contributed by atoms with van der Waals surface area (Å²) in [6.07, 6.45) is 3.45. The maximum absolute atomic E-state index is 10.5. The fourth-order valence-corrected chi connectivity index (χ4v) is 1.83. The molecule has 1 heterocycles. The topological polar surface area (TPSA) is 40.5 Å². The number of nitrogens with zero attached hydrogens (tertiary/aromatic N) is 1. The van der Waals surface area contributed by atoms with E-state index in [4.69, 9.17) is 5.11 Å². The van der Waals surface area contributed by atoms with Crippen molar-refractivity contribution in [1.82, 2.24) is 4.90 Å². The normalized spacial score (nSPS) is 23.8. The van der Waals surface area contributed by atoms with Crippen LogP contribution < -0.4 is 0 Å². The number of hydrogen-bond acceptors (Lipinski definition) is 2. The summed E-state index contributed by atoms with van der Waals surface area (Å²) < 4.78 is 0. The van der Waals surface area contributed by atoms with Gasteiger partial charge in [0.2, 0.25) is 0 Å². The molecule has 0 radical (unpaired) electrons. The molecule has 0 bridgehead atoms. The molecule has 0 aliphatic carbocycles. The molecule has 13 heavy (non-hydrogen) atoms. The molecule has 0 unspecified atom stereocenters. The van der Waals surface area contributed by atoms with Gasteiger partial charge < -0.3 is 5.11 Å². The van der Waals surface area contributed by atoms with Crippen LogP contribution in [0.5, 0.6) is 0 Å². The fraction of sp³-hybridized carbons (Fsp3) is 0.900. The molecule has 1 N–H and O–H groups in total. The predicted octanol–water partition coefficient (Wildman–Crippen LogP) is 1.58. The molecule has 1 rings (SSSR count). The van der Waals surface area contributed by atoms with Crippen molar-refractivity contribution in [3.05, 3.63) is 0 Å². The Hall–Kier alpha value is -0.570. The zero-order valence-corrected chi connectivity index (χ0v) is 8.55. The molecule has 0 amide bonds. The number of aliphatic carboxylic acids is 1. The van der Waals surface area contributed by atoms with E-state index < -0.39 is 5.97 Å². The lowest BCUT2D eigenvalue weighted by atomic mass is 9.85. The quantitative estimate of drug-likeness (QED) is 0.710. The van der Waals surface area contributed by atoms with E-state index in [1.54, 1.807) is 0 Å². The Bertz CT molecular complexity index is 189. The highest BCUT2D eigenvalue weighted by molar-refractivity contribution is 5.69. The second-order valence-corrected chi connectivity index (χ2v) is 4.69. The Morgan fingerprint density at radius 1 is 1.38 bits per heavy atom. The van der Waals surface area contributed by atoms with Crippen LogP contribution in [0.15, 0.2) is 0 Å². The van der Waals surface area contributed by atoms with Gasteiger partial charge in [-0.1, -0.05) is 13.8 Å². The molecular weight excluding hydrogens is 166 g/mol. The summed E-state index contributed by atoms with van der Waals surface area (Å²) in [7, 11) is 0. The van der Waals surface area contributed by atoms with Crippen LogP contribution in [0.4, 0.5) is 0 Å². The number of carboxylic acid groups (broad SMARTS) is 1. The Kier molecular flexibility index (Phi) is 3.31. The largest absolute Gasteiger partial charge is 0.480 e. The highest BCUT2D eigenvalue weighted by Gasteiger charge is 2.23. The highest BCUT2D eigenvalue weighted by Crippen LogP contribution is 2.29. The second-order valence-electron chi connectivity index (χ2n) is 4.69. The molecule has 1 aliphatic rings. The van der Waals surface area contributed by atoms with Gasteiger partial charge in [-0.15, -0.1) is 0 Å². The SMILES string of the molecule is CC1(C)CCCN(CC(=O)O)CC1. The maximum atomic E-state index is 10.5. The zero-order chi connectivity index (χ0) is 9.90. The molecule has 1 saturated heterocycles. The summed E-state index contributed by atoms with van der Waals surface area (Å²) in [4.78, 5) is 12.5. The first-order chi connectivity index (χ1) is 5.99. The van der Waals surface area contributed by atoms with Crippen molar-refractivity contribution >= 4 is 5.97 Å². The van der Waals surface area contributed by atoms with Crippen molar-refractivity contribution in [3.63, 3.8) is 0 Å². The van der Waals surface area contributed by atoms with E-state index in [0.29, 0.717) is 5.41 Å². The van der Waals surface area contributed by atoms with Crippen molar-refractivity contribution < 1.29 is 9.90 Å². The molecule has 0 spiro atoms. The van der Waals surface area contributed by atoms with Crippen LogP contribution in [0.1, 0.15) is 33.1 Å². The lowest BCUT2D eigenvalue weighted by Gasteiger charge is -2.22. The molecule has 0 saturated carbocycles. The summed E-state index contributed by atoms with van der Waals surface area (Å²) in [5, 5.41) is 8.65. The number of rotatable bonds is 2. The van der Waals surface area contributed by atoms with E-state index in [-0.39, 0.29) is 6.54 Å². The fourth-order valence-electron chi connectivity index (χ4n) is 1.83. The molecule has 3 heteroatoms. The van der Waals surface area contributed by atoms with Gasteiger partial charge in [0.25, 0.3) is 0 Å². The third-order valence-electron chi connectivity index (χ3n) is 2.79. The van der Waals surface area contributed by atoms with Crippen molar-refractivity contribution in [2.45, 2.75) is 33.1 Å². The van der Waals surface area contributed by atoms with E-state index in [0.717, 1.165) is 25.9 Å². The van der Waals surface area contributed by atoms with Crippen LogP contribution in [0.3, 0.4) is 0 Å². The highest BCUT2D eigenvalue weighted by atomic mass is 16.4. The predicted molar refractivity (Wildman–Crippen MR) is 51.7 cm³/mol. The molecule has 76 valence electrons. The van der Waals surface area contributed by atoms with Crippen molar-refractivity contribution in [3.8, 4) is 0 Å². The lowest BCUT2D eigenvalue weighted by Crippen LogP contribution is -2.31. The molecule has 1 fully saturated rings. The van der Waals surface area contributed by atoms with Crippen LogP contribution in [0, 0.1) is 5.41 Å². The van der Waals surface area contributed by atoms with Crippen LogP contribution in [-0.4, -0.2) is 35.6 Å². The van der Waals surface area contributed by atoms with Gasteiger partial charge in [0.1, 0.15) is 0 Å². The summed E-state index contributed by atoms with van der Waals surface area (Å²) >= 11 is 0. The monoisotopic (exact) mass is 185 g/mol. The first kappa shape index (κ1) is 10.5. The van der Waals surface area contributed by atoms with Gasteiger partial charge in [-0.25, -0.2) is 0 Å². The molecule has 3 nitrogen and oxygen atoms in total. The second kappa shape index (κ2) is 4.09. The van der Waals surface area contributed by atoms with Crippen LogP contribution >= 0.6 is 0 Å². The summed E-state index contributed by atoms with van der Waals surface area (Å²) in [6.45, 7) is 6.60. The maximum Gasteiger partial charge on any atom is 0.317 e. The van der Waals surface area contributed by atoms with Crippen LogP contribution in [-0.2, 0) is 4.79 Å². The molecule has 0 aromatic carbocycles. The van der Waals surface area contributed by atoms with Crippen LogP contribution in [0.2, 0.25) is 0 Å². The smallest absolute Gasteiger partial charge is 0.317 e. The summed E-state index contributed by atoms with van der Waals surface area (Å²) in [6, 6.07) is 0. The first-order valence-electron chi connectivity index (χ1n) is 4.94. The lowest BCUT2D eigenvalue weighted by molar-refractivity contribution is -0.138. The van der Waals surface area contributed by atoms with Gasteiger partial charge in [0.15, 0.2) is 0 Å². The van der Waals surface area contributed by atoms with Crippen molar-refractivity contribution in [2.24, 2.45) is 5.41 Å². The van der Waals surface area contributed by atoms with Gasteiger partial charge in [-0.3, -0.25) is 9.69 Å². The molecule has 0 atom stereocenters. The molecular formula is C10H19NO2. The average molecular weight is 185 g/mol. The minimum atomic E-state index is -0.709. The Labute approximate surface area is 79.7 Å². The minimum absolute atomic E-state index is 0.204. The standard InChI is InChI=1S/C10H19NO2/c1-10(2)4-3-6-11(7-5-10)8-9(12)13/h3-8H2,1-2H3,(H,12,13). The first-order valence-corrected chi connectivity index (χ1v) is 4.94. The number of carbonyl (C=O) groups is 1. The molecule has 0 aromatic heterocycles. The van der Waals surface area contributed by atoms with Gasteiger partial charge in [0, 0.05) is 0 Å². The molecule has 1 aliphatic heterocycles. The summed E-state index contributed by atoms with van der Waals surface area (Å²) in [5.74, 6) is -0.709. The Morgan fingerprint density at radius 2 is 2.08 bits per heavy atom. The van der Waals surface area contributed by atoms with E-state index >= 15 is 0 Å². The number of hydrogen-bond donors (Lipinski definition) is 1. The zero-order valence-electron chi connectivity index (χ0n) is 8.55. The average Bonchev–Trinajstić information content (AvgIpc) is 2.12. The van der Waals surface area contributed by atoms with Crippen molar-refractivity contribution in [2.75, 3.05) is 19.6 Å². The van der Waals surface area contributed by atoms with Crippen molar-refractivity contribution in [1.29, 1.82) is 0 Å². The van der Waals surface area contributed by atoms with E-state index in [1.165, 1.54) is 6.42 Å². The van der Waals surface area contributed by atoms with Crippen LogP contribution in [0.25, 0.3) is 0 Å². The molecule has 0 aromatic rings.